The summed E-state index contributed by atoms with van der Waals surface area (Å²) in [4.78, 5) is 39.5. The van der Waals surface area contributed by atoms with E-state index in [9.17, 15) is 14.7 Å². The molecule has 0 bridgehead atoms. The van der Waals surface area contributed by atoms with Crippen molar-refractivity contribution in [2.75, 3.05) is 60.1 Å². The quantitative estimate of drug-likeness (QED) is 0.0944. The van der Waals surface area contributed by atoms with E-state index in [0.29, 0.717) is 31.9 Å². The molecule has 1 amide bonds. The Balaban J connectivity index is 0.000000145. The second kappa shape index (κ2) is 24.1. The van der Waals surface area contributed by atoms with E-state index in [2.05, 4.69) is 63.5 Å². The summed E-state index contributed by atoms with van der Waals surface area (Å²) in [7, 11) is 0. The van der Waals surface area contributed by atoms with Crippen molar-refractivity contribution in [2.24, 2.45) is 30.9 Å². The largest absolute Gasteiger partial charge is 0.477 e. The minimum Gasteiger partial charge on any atom is -0.477 e. The molecular weight excluding hydrogens is 981 g/mol. The highest BCUT2D eigenvalue weighted by Gasteiger charge is 2.21. The Morgan fingerprint density at radius 2 is 1.00 bits per heavy atom. The second-order valence-corrected chi connectivity index (χ2v) is 20.1. The fraction of sp³-hybridized carbons (Fsp3) is 0.250. The summed E-state index contributed by atoms with van der Waals surface area (Å²) in [6.07, 6.45) is 11.4. The minimum atomic E-state index is -0.918. The normalized spacial score (nSPS) is 14.9. The Morgan fingerprint density at radius 1 is 0.547 bits per heavy atom. The molecule has 2 saturated heterocycles. The van der Waals surface area contributed by atoms with E-state index < -0.39 is 5.97 Å². The predicted molar refractivity (Wildman–Crippen MR) is 299 cm³/mol. The van der Waals surface area contributed by atoms with Crippen molar-refractivity contribution >= 4 is 67.6 Å². The molecular formula is C56H56N14O3S2. The van der Waals surface area contributed by atoms with Gasteiger partial charge in [-0.1, -0.05) is 84.9 Å². The maximum atomic E-state index is 13.5. The fourth-order valence-corrected chi connectivity index (χ4v) is 10.9. The highest BCUT2D eigenvalue weighted by atomic mass is 32.1. The number of carbonyl (C=O) groups is 2. The number of rotatable bonds is 13. The molecule has 2 fully saturated rings. The van der Waals surface area contributed by atoms with Crippen LogP contribution in [0.5, 0.6) is 0 Å². The van der Waals surface area contributed by atoms with Crippen LogP contribution in [0, 0.1) is 0 Å². The van der Waals surface area contributed by atoms with E-state index in [4.69, 9.17) is 15.7 Å². The Kier molecular flexibility index (Phi) is 16.1. The molecule has 19 heteroatoms. The van der Waals surface area contributed by atoms with Crippen LogP contribution in [0.25, 0.3) is 22.3 Å². The molecule has 0 saturated carbocycles. The number of anilines is 4. The first kappa shape index (κ1) is 50.1. The van der Waals surface area contributed by atoms with Gasteiger partial charge in [0.15, 0.2) is 10.3 Å². The van der Waals surface area contributed by atoms with Gasteiger partial charge in [0.2, 0.25) is 0 Å². The number of aromatic carboxylic acids is 1. The van der Waals surface area contributed by atoms with E-state index in [-0.39, 0.29) is 11.6 Å². The molecule has 0 radical (unpaired) electrons. The standard InChI is InChI=1S/C28H27N7OS.C20H21N3O2S.C8H8N4/c36-27(30-23-11-9-21(10-12-23)25-16-29-33-32-25)26-15-22(20-7-3-1-4-8-20)17-35(26)18-24-19-37-28(31-24)34-13-5-2-6-14-34;24-19(25)18-11-16(15-7-3-1-4-8-15)12-23(18)13-17-14-26-20(21-17)22-9-5-2-6-10-22;9-7-3-1-6(2-4-7)8-5-10-12-11-8/h1,3-4,7-12,15,17,19H,2,5-6,13-14,16,18H2,(H,30,36);1,3-4,7-8,11-12,14H,2,5-6,9-10,13H2,(H,24,25);1-4H,5,9H2. The summed E-state index contributed by atoms with van der Waals surface area (Å²) in [6.45, 7) is 6.33. The van der Waals surface area contributed by atoms with E-state index >= 15 is 0 Å². The molecule has 4 N–H and O–H groups in total. The van der Waals surface area contributed by atoms with Gasteiger partial charge in [-0.25, -0.2) is 14.8 Å². The van der Waals surface area contributed by atoms with Gasteiger partial charge in [-0.05, 0) is 96.5 Å². The Labute approximate surface area is 442 Å². The van der Waals surface area contributed by atoms with Crippen molar-refractivity contribution in [3.63, 3.8) is 0 Å². The predicted octanol–water partition coefficient (Wildman–Crippen LogP) is 11.9. The number of carbonyl (C=O) groups excluding carboxylic acids is 1. The summed E-state index contributed by atoms with van der Waals surface area (Å²) < 4.78 is 3.77. The molecule has 0 atom stereocenters. The summed E-state index contributed by atoms with van der Waals surface area (Å²) in [6, 6.07) is 38.8. The maximum Gasteiger partial charge on any atom is 0.352 e. The van der Waals surface area contributed by atoms with E-state index in [1.807, 2.05) is 125 Å². The number of hydrogen-bond acceptors (Lipinski definition) is 15. The van der Waals surface area contributed by atoms with Gasteiger partial charge >= 0.3 is 5.97 Å². The van der Waals surface area contributed by atoms with Crippen molar-refractivity contribution in [3.05, 3.63) is 178 Å². The number of amides is 1. The lowest BCUT2D eigenvalue weighted by Gasteiger charge is -2.25. The summed E-state index contributed by atoms with van der Waals surface area (Å²) in [5, 5.41) is 41.7. The molecule has 0 unspecified atom stereocenters. The van der Waals surface area contributed by atoms with Crippen LogP contribution >= 0.6 is 22.7 Å². The lowest BCUT2D eigenvalue weighted by atomic mass is 10.1. The molecule has 8 heterocycles. The Bertz CT molecular complexity index is 3330. The van der Waals surface area contributed by atoms with Gasteiger partial charge in [0.1, 0.15) is 24.5 Å². The van der Waals surface area contributed by atoms with E-state index in [0.717, 1.165) is 104 Å². The van der Waals surface area contributed by atoms with Crippen molar-refractivity contribution in [2.45, 2.75) is 51.6 Å². The molecule has 75 heavy (non-hydrogen) atoms. The third-order valence-corrected chi connectivity index (χ3v) is 15.0. The smallest absolute Gasteiger partial charge is 0.352 e. The number of nitrogens with two attached hydrogens (primary N) is 1. The van der Waals surface area contributed by atoms with Crippen molar-refractivity contribution in [1.29, 1.82) is 0 Å². The van der Waals surface area contributed by atoms with Gasteiger partial charge < -0.3 is 35.1 Å². The zero-order valence-corrected chi connectivity index (χ0v) is 42.9. The van der Waals surface area contributed by atoms with E-state index in [1.165, 1.54) is 38.5 Å². The molecule has 4 aromatic carbocycles. The van der Waals surface area contributed by atoms with Crippen molar-refractivity contribution < 1.29 is 14.7 Å². The SMILES string of the molecule is Nc1ccc(C2=NN=NC2)cc1.O=C(Nc1ccc(C2=NN=NC2)cc1)c1cc(-c2ccccc2)cn1Cc1csc(N2CCCCC2)n1.O=C(O)c1cc(-c2ccccc2)cn1Cc1csc(N2CCCCC2)n1. The van der Waals surface area contributed by atoms with Crippen LogP contribution < -0.4 is 20.9 Å². The number of hydrogen-bond donors (Lipinski definition) is 3. The summed E-state index contributed by atoms with van der Waals surface area (Å²) in [5.74, 6) is -1.08. The van der Waals surface area contributed by atoms with Crippen LogP contribution in [0.4, 0.5) is 21.6 Å². The lowest BCUT2D eigenvalue weighted by molar-refractivity contribution is 0.0685. The minimum absolute atomic E-state index is 0.162. The first-order valence-electron chi connectivity index (χ1n) is 25.1. The molecule has 0 spiro atoms. The average molecular weight is 1040 g/mol. The number of carboxylic acid groups (broad SMARTS) is 1. The number of piperidine rings is 2. The van der Waals surface area contributed by atoms with Crippen LogP contribution in [0.2, 0.25) is 0 Å². The van der Waals surface area contributed by atoms with Crippen LogP contribution in [0.15, 0.2) is 175 Å². The van der Waals surface area contributed by atoms with Crippen molar-refractivity contribution in [1.82, 2.24) is 19.1 Å². The highest BCUT2D eigenvalue weighted by Crippen LogP contribution is 2.29. The molecule has 0 aliphatic carbocycles. The number of aromatic nitrogens is 4. The third-order valence-electron chi connectivity index (χ3n) is 13.1. The zero-order chi connectivity index (χ0) is 51.3. The van der Waals surface area contributed by atoms with Crippen molar-refractivity contribution in [3.8, 4) is 22.3 Å². The van der Waals surface area contributed by atoms with Gasteiger partial charge in [-0.15, -0.1) is 32.9 Å². The van der Waals surface area contributed by atoms with Gasteiger partial charge in [0, 0.05) is 83.0 Å². The number of nitrogens with zero attached hydrogens (tertiary/aromatic N) is 12. The monoisotopic (exact) mass is 1040 g/mol. The summed E-state index contributed by atoms with van der Waals surface area (Å²) in [5.41, 5.74) is 17.5. The molecule has 4 aliphatic rings. The van der Waals surface area contributed by atoms with Crippen LogP contribution in [-0.4, -0.2) is 86.8 Å². The number of nitrogens with one attached hydrogen (secondary N) is 1. The Morgan fingerprint density at radius 3 is 1.45 bits per heavy atom. The van der Waals surface area contributed by atoms with Crippen LogP contribution in [0.1, 0.15) is 82.0 Å². The number of nitrogen functional groups attached to an aromatic ring is 1. The number of thiazole rings is 2. The molecule has 4 aliphatic heterocycles. The van der Waals surface area contributed by atoms with Gasteiger partial charge in [-0.2, -0.15) is 10.2 Å². The topological polar surface area (TPSA) is 209 Å². The maximum absolute atomic E-state index is 13.5. The molecule has 17 nitrogen and oxygen atoms in total. The number of benzene rings is 4. The first-order valence-corrected chi connectivity index (χ1v) is 26.8. The average Bonchev–Trinajstić information content (AvgIpc) is 4.33. The number of carboxylic acids is 1. The first-order chi connectivity index (χ1) is 36.8. The van der Waals surface area contributed by atoms with Gasteiger partial charge in [-0.3, -0.25) is 4.79 Å². The molecule has 380 valence electrons. The fourth-order valence-electron chi connectivity index (χ4n) is 9.12. The highest BCUT2D eigenvalue weighted by molar-refractivity contribution is 7.14. The van der Waals surface area contributed by atoms with E-state index in [1.54, 1.807) is 33.3 Å². The lowest BCUT2D eigenvalue weighted by Crippen LogP contribution is -2.29. The van der Waals surface area contributed by atoms with Crippen LogP contribution in [0.3, 0.4) is 0 Å². The third kappa shape index (κ3) is 12.9. The zero-order valence-electron chi connectivity index (χ0n) is 41.3. The Hall–Kier alpha value is -8.42. The van der Waals surface area contributed by atoms with Crippen LogP contribution in [-0.2, 0) is 13.1 Å². The van der Waals surface area contributed by atoms with Gasteiger partial charge in [0.05, 0.1) is 35.9 Å². The van der Waals surface area contributed by atoms with Gasteiger partial charge in [0.25, 0.3) is 5.91 Å². The summed E-state index contributed by atoms with van der Waals surface area (Å²) >= 11 is 3.33. The second-order valence-electron chi connectivity index (χ2n) is 18.4. The molecule has 8 aromatic rings. The molecule has 4 aromatic heterocycles. The molecule has 12 rings (SSSR count).